The monoisotopic (exact) mass is 727 g/mol. The number of carbonyl (C=O) groups excluding carboxylic acids is 5. The number of ether oxygens (including phenoxy) is 5. The number of pyridine rings is 1. The number of nitrogens with one attached hydrogen (secondary N) is 1. The Kier molecular flexibility index (Phi) is 15.9. The Hall–Kier alpha value is -4.50. The lowest BCUT2D eigenvalue weighted by Crippen LogP contribution is -2.56. The number of likely N-dealkylation sites (tertiary alicyclic amines) is 1. The first-order chi connectivity index (χ1) is 25.1. The molecule has 0 unspecified atom stereocenters. The highest BCUT2D eigenvalue weighted by Gasteiger charge is 2.32. The molecule has 2 saturated heterocycles. The van der Waals surface area contributed by atoms with Crippen LogP contribution in [0.5, 0.6) is 5.75 Å². The molecule has 2 fully saturated rings. The lowest BCUT2D eigenvalue weighted by Gasteiger charge is -2.36. The molecule has 15 heteroatoms. The number of fused-ring (bicyclic) bond motifs is 1. The van der Waals surface area contributed by atoms with Crippen LogP contribution in [-0.2, 0) is 33.3 Å². The van der Waals surface area contributed by atoms with Gasteiger partial charge in [0.05, 0.1) is 31.4 Å². The second-order valence-electron chi connectivity index (χ2n) is 12.9. The molecule has 3 heterocycles. The summed E-state index contributed by atoms with van der Waals surface area (Å²) in [6.07, 6.45) is 2.83. The highest BCUT2D eigenvalue weighted by atomic mass is 16.6. The lowest BCUT2D eigenvalue weighted by molar-refractivity contribution is -0.145. The third kappa shape index (κ3) is 11.5. The number of nitrogens with zero attached hydrogens (tertiary/aromatic N) is 4. The van der Waals surface area contributed by atoms with Crippen LogP contribution in [0.3, 0.4) is 0 Å². The summed E-state index contributed by atoms with van der Waals surface area (Å²) < 4.78 is 27.1. The average Bonchev–Trinajstić information content (AvgIpc) is 3.62. The molecule has 286 valence electrons. The maximum Gasteiger partial charge on any atom is 0.409 e. The molecule has 1 aromatic heterocycles. The number of hydrogen-bond donors (Lipinski definition) is 1. The van der Waals surface area contributed by atoms with Gasteiger partial charge < -0.3 is 43.7 Å². The predicted molar refractivity (Wildman–Crippen MR) is 191 cm³/mol. The SMILES string of the molecule is CCCCOC(=O)N1CCN(C(=O)[C@H](CCC(=O)OCCOCC)NC(=O)c2cc(OCC(=O)N3CCC[C@H]3COC)c3ccc(C)cc3n2)CC1. The van der Waals surface area contributed by atoms with E-state index in [9.17, 15) is 24.0 Å². The quantitative estimate of drug-likeness (QED) is 0.177. The molecular formula is C37H53N5O10. The minimum Gasteiger partial charge on any atom is -0.483 e. The van der Waals surface area contributed by atoms with Crippen molar-refractivity contribution >= 4 is 40.7 Å². The zero-order valence-electron chi connectivity index (χ0n) is 30.9. The molecule has 2 aliphatic heterocycles. The molecule has 2 atom stereocenters. The molecule has 0 bridgehead atoms. The number of amides is 4. The van der Waals surface area contributed by atoms with Gasteiger partial charge in [-0.1, -0.05) is 19.4 Å². The molecule has 0 radical (unpaired) electrons. The fourth-order valence-corrected chi connectivity index (χ4v) is 6.20. The Morgan fingerprint density at radius 2 is 1.73 bits per heavy atom. The summed E-state index contributed by atoms with van der Waals surface area (Å²) in [6.45, 7) is 8.72. The van der Waals surface area contributed by atoms with E-state index in [1.165, 1.54) is 6.07 Å². The maximum absolute atomic E-state index is 13.9. The third-order valence-electron chi connectivity index (χ3n) is 9.08. The first-order valence-corrected chi connectivity index (χ1v) is 18.2. The summed E-state index contributed by atoms with van der Waals surface area (Å²) in [5.41, 5.74) is 1.37. The number of benzene rings is 1. The van der Waals surface area contributed by atoms with Crippen LogP contribution < -0.4 is 10.1 Å². The van der Waals surface area contributed by atoms with E-state index in [2.05, 4.69) is 10.3 Å². The van der Waals surface area contributed by atoms with Crippen LogP contribution in [0.1, 0.15) is 68.4 Å². The van der Waals surface area contributed by atoms with E-state index in [1.807, 2.05) is 39.0 Å². The van der Waals surface area contributed by atoms with Gasteiger partial charge in [-0.25, -0.2) is 9.78 Å². The van der Waals surface area contributed by atoms with E-state index < -0.39 is 29.9 Å². The van der Waals surface area contributed by atoms with Crippen LogP contribution in [0.4, 0.5) is 4.79 Å². The molecule has 0 aliphatic carbocycles. The molecule has 4 amide bonds. The normalized spacial score (nSPS) is 16.5. The molecule has 4 rings (SSSR count). The van der Waals surface area contributed by atoms with Crippen molar-refractivity contribution in [2.45, 2.75) is 71.4 Å². The van der Waals surface area contributed by atoms with E-state index in [1.54, 1.807) is 21.8 Å². The molecule has 0 saturated carbocycles. The van der Waals surface area contributed by atoms with E-state index in [-0.39, 0.29) is 76.5 Å². The summed E-state index contributed by atoms with van der Waals surface area (Å²) in [5.74, 6) is -1.47. The topological polar surface area (TPSA) is 166 Å². The van der Waals surface area contributed by atoms with Gasteiger partial charge in [0.2, 0.25) is 5.91 Å². The van der Waals surface area contributed by atoms with Crippen LogP contribution >= 0.6 is 0 Å². The minimum absolute atomic E-state index is 0.0155. The molecule has 0 spiro atoms. The van der Waals surface area contributed by atoms with Crippen molar-refractivity contribution in [3.8, 4) is 5.75 Å². The van der Waals surface area contributed by atoms with Crippen LogP contribution in [-0.4, -0.2) is 141 Å². The summed E-state index contributed by atoms with van der Waals surface area (Å²) >= 11 is 0. The van der Waals surface area contributed by atoms with Crippen molar-refractivity contribution in [3.63, 3.8) is 0 Å². The number of rotatable bonds is 18. The molecule has 52 heavy (non-hydrogen) atoms. The number of esters is 1. The Balaban J connectivity index is 1.49. The van der Waals surface area contributed by atoms with Crippen molar-refractivity contribution in [1.82, 2.24) is 25.0 Å². The van der Waals surface area contributed by atoms with Crippen molar-refractivity contribution < 1.29 is 47.7 Å². The minimum atomic E-state index is -1.09. The van der Waals surface area contributed by atoms with Gasteiger partial charge in [0.25, 0.3) is 11.8 Å². The van der Waals surface area contributed by atoms with Gasteiger partial charge in [0, 0.05) is 64.3 Å². The summed E-state index contributed by atoms with van der Waals surface area (Å²) in [5, 5.41) is 3.41. The van der Waals surface area contributed by atoms with E-state index in [4.69, 9.17) is 23.7 Å². The van der Waals surface area contributed by atoms with Crippen LogP contribution in [0.2, 0.25) is 0 Å². The lowest BCUT2D eigenvalue weighted by atomic mass is 10.1. The molecular weight excluding hydrogens is 674 g/mol. The molecule has 15 nitrogen and oxygen atoms in total. The zero-order valence-corrected chi connectivity index (χ0v) is 30.9. The van der Waals surface area contributed by atoms with Crippen LogP contribution in [0.25, 0.3) is 10.9 Å². The van der Waals surface area contributed by atoms with Crippen molar-refractivity contribution in [3.05, 3.63) is 35.5 Å². The number of methoxy groups -OCH3 is 1. The highest BCUT2D eigenvalue weighted by molar-refractivity contribution is 5.99. The Morgan fingerprint density at radius 1 is 0.962 bits per heavy atom. The molecule has 1 N–H and O–H groups in total. The number of unbranched alkanes of at least 4 members (excludes halogenated alkanes) is 1. The van der Waals surface area contributed by atoms with Crippen LogP contribution in [0.15, 0.2) is 24.3 Å². The Bertz CT molecular complexity index is 1530. The summed E-state index contributed by atoms with van der Waals surface area (Å²) in [6, 6.07) is 5.88. The third-order valence-corrected chi connectivity index (χ3v) is 9.08. The van der Waals surface area contributed by atoms with Gasteiger partial charge in [-0.05, 0) is 57.2 Å². The number of carbonyl (C=O) groups is 5. The summed E-state index contributed by atoms with van der Waals surface area (Å²) in [7, 11) is 1.61. The first-order valence-electron chi connectivity index (χ1n) is 18.2. The number of aryl methyl sites for hydroxylation is 1. The summed E-state index contributed by atoms with van der Waals surface area (Å²) in [4.78, 5) is 75.4. The maximum atomic E-state index is 13.9. The predicted octanol–water partition coefficient (Wildman–Crippen LogP) is 3.10. The van der Waals surface area contributed by atoms with Crippen molar-refractivity contribution in [1.29, 1.82) is 0 Å². The fourth-order valence-electron chi connectivity index (χ4n) is 6.20. The first kappa shape index (κ1) is 40.3. The standard InChI is InChI=1S/C37H53N5O10/c1-5-7-19-51-37(47)41-17-15-40(16-18-41)36(46)29(12-13-34(44)50-21-20-49-6-2)39-35(45)31-23-32(28-11-10-26(3)22-30(28)38-31)52-25-33(43)42-14-8-9-27(42)24-48-4/h10-11,22-23,27,29H,5-9,12-21,24-25H2,1-4H3,(H,39,45)/t27-,29-/m0/s1. The van der Waals surface area contributed by atoms with Gasteiger partial charge in [-0.15, -0.1) is 0 Å². The van der Waals surface area contributed by atoms with Crippen LogP contribution in [0, 0.1) is 6.92 Å². The number of piperazine rings is 1. The smallest absolute Gasteiger partial charge is 0.409 e. The largest absolute Gasteiger partial charge is 0.483 e. The second kappa shape index (κ2) is 20.5. The molecule has 1 aromatic carbocycles. The van der Waals surface area contributed by atoms with Gasteiger partial charge in [-0.2, -0.15) is 0 Å². The van der Waals surface area contributed by atoms with Crippen molar-refractivity contribution in [2.75, 3.05) is 79.5 Å². The van der Waals surface area contributed by atoms with Gasteiger partial charge >= 0.3 is 12.1 Å². The molecule has 2 aliphatic rings. The van der Waals surface area contributed by atoms with E-state index in [0.29, 0.717) is 43.0 Å². The van der Waals surface area contributed by atoms with Gasteiger partial charge in [-0.3, -0.25) is 19.2 Å². The zero-order chi connectivity index (χ0) is 37.5. The van der Waals surface area contributed by atoms with Crippen molar-refractivity contribution in [2.24, 2.45) is 0 Å². The van der Waals surface area contributed by atoms with Gasteiger partial charge in [0.1, 0.15) is 24.1 Å². The van der Waals surface area contributed by atoms with Gasteiger partial charge in [0.15, 0.2) is 6.61 Å². The van der Waals surface area contributed by atoms with E-state index in [0.717, 1.165) is 31.2 Å². The fraction of sp³-hybridized carbons (Fsp3) is 0.622. The van der Waals surface area contributed by atoms with E-state index >= 15 is 0 Å². The Morgan fingerprint density at radius 3 is 2.46 bits per heavy atom. The average molecular weight is 728 g/mol. The Labute approximate surface area is 305 Å². The number of hydrogen-bond acceptors (Lipinski definition) is 11. The highest BCUT2D eigenvalue weighted by Crippen LogP contribution is 2.27. The number of aromatic nitrogens is 1. The second-order valence-corrected chi connectivity index (χ2v) is 12.9. The molecule has 2 aromatic rings.